The van der Waals surface area contributed by atoms with Gasteiger partial charge in [-0.05, 0) is 30.7 Å². The molecule has 0 bridgehead atoms. The van der Waals surface area contributed by atoms with Crippen molar-refractivity contribution >= 4 is 23.2 Å². The van der Waals surface area contributed by atoms with E-state index in [1.807, 2.05) is 17.5 Å². The minimum absolute atomic E-state index is 0.0710. The maximum absolute atomic E-state index is 11.5. The van der Waals surface area contributed by atoms with Crippen LogP contribution >= 0.6 is 11.3 Å². The quantitative estimate of drug-likeness (QED) is 0.677. The van der Waals surface area contributed by atoms with E-state index in [-0.39, 0.29) is 12.3 Å². The molecule has 0 spiro atoms. The zero-order valence-corrected chi connectivity index (χ0v) is 11.2. The van der Waals surface area contributed by atoms with Crippen LogP contribution in [0.4, 0.5) is 0 Å². The Bertz CT molecular complexity index is 362. The summed E-state index contributed by atoms with van der Waals surface area (Å²) in [6.45, 7) is 0.642. The van der Waals surface area contributed by atoms with Crippen LogP contribution in [-0.2, 0) is 16.0 Å². The molecule has 0 aliphatic rings. The van der Waals surface area contributed by atoms with E-state index >= 15 is 0 Å². The predicted octanol–water partition coefficient (Wildman–Crippen LogP) is 2.44. The third-order valence-corrected chi connectivity index (χ3v) is 3.50. The first-order chi connectivity index (χ1) is 8.68. The maximum Gasteiger partial charge on any atom is 0.303 e. The van der Waals surface area contributed by atoms with Crippen molar-refractivity contribution in [1.82, 2.24) is 5.32 Å². The molecule has 0 aliphatic heterocycles. The third-order valence-electron chi connectivity index (χ3n) is 2.57. The topological polar surface area (TPSA) is 66.4 Å². The van der Waals surface area contributed by atoms with Gasteiger partial charge in [-0.1, -0.05) is 12.5 Å². The molecule has 0 radical (unpaired) electrons. The van der Waals surface area contributed by atoms with Crippen LogP contribution in [0.1, 0.15) is 37.0 Å². The van der Waals surface area contributed by atoms with E-state index in [1.54, 1.807) is 11.3 Å². The molecule has 100 valence electrons. The highest BCUT2D eigenvalue weighted by atomic mass is 32.1. The summed E-state index contributed by atoms with van der Waals surface area (Å²) < 4.78 is 0. The largest absolute Gasteiger partial charge is 0.481 e. The average Bonchev–Trinajstić information content (AvgIpc) is 2.83. The lowest BCUT2D eigenvalue weighted by molar-refractivity contribution is -0.137. The fraction of sp³-hybridized carbons (Fsp3) is 0.538. The van der Waals surface area contributed by atoms with Crippen LogP contribution in [0.3, 0.4) is 0 Å². The van der Waals surface area contributed by atoms with Gasteiger partial charge in [-0.25, -0.2) is 0 Å². The van der Waals surface area contributed by atoms with Crippen LogP contribution in [0.15, 0.2) is 17.5 Å². The molecule has 1 heterocycles. The van der Waals surface area contributed by atoms with E-state index in [2.05, 4.69) is 5.32 Å². The Balaban J connectivity index is 1.95. The van der Waals surface area contributed by atoms with Crippen molar-refractivity contribution in [2.24, 2.45) is 0 Å². The van der Waals surface area contributed by atoms with Crippen molar-refractivity contribution in [1.29, 1.82) is 0 Å². The molecule has 4 nitrogen and oxygen atoms in total. The fourth-order valence-corrected chi connectivity index (χ4v) is 2.29. The highest BCUT2D eigenvalue weighted by Gasteiger charge is 2.02. The molecule has 1 rings (SSSR count). The van der Waals surface area contributed by atoms with E-state index in [0.717, 1.165) is 19.3 Å². The Morgan fingerprint density at radius 3 is 2.72 bits per heavy atom. The number of carboxylic acids is 1. The summed E-state index contributed by atoms with van der Waals surface area (Å²) >= 11 is 1.67. The van der Waals surface area contributed by atoms with Crippen molar-refractivity contribution in [3.8, 4) is 0 Å². The molecule has 18 heavy (non-hydrogen) atoms. The van der Waals surface area contributed by atoms with Gasteiger partial charge in [-0.2, -0.15) is 0 Å². The molecule has 0 saturated heterocycles. The van der Waals surface area contributed by atoms with Crippen molar-refractivity contribution in [2.45, 2.75) is 38.5 Å². The van der Waals surface area contributed by atoms with Gasteiger partial charge in [0.05, 0.1) is 0 Å². The molecule has 0 aromatic carbocycles. The summed E-state index contributed by atoms with van der Waals surface area (Å²) in [5.74, 6) is -0.684. The van der Waals surface area contributed by atoms with Crippen molar-refractivity contribution in [2.75, 3.05) is 6.54 Å². The van der Waals surface area contributed by atoms with Crippen LogP contribution in [0.5, 0.6) is 0 Å². The van der Waals surface area contributed by atoms with Gasteiger partial charge in [-0.3, -0.25) is 9.59 Å². The number of aryl methyl sites for hydroxylation is 1. The molecule has 0 atom stereocenters. The van der Waals surface area contributed by atoms with E-state index < -0.39 is 5.97 Å². The van der Waals surface area contributed by atoms with Crippen LogP contribution in [0.25, 0.3) is 0 Å². The van der Waals surface area contributed by atoms with E-state index in [4.69, 9.17) is 5.11 Å². The Kier molecular flexibility index (Phi) is 7.10. The second-order valence-corrected chi connectivity index (χ2v) is 5.17. The zero-order chi connectivity index (χ0) is 13.2. The molecule has 1 aromatic heterocycles. The van der Waals surface area contributed by atoms with Crippen molar-refractivity contribution < 1.29 is 14.7 Å². The first kappa shape index (κ1) is 14.7. The summed E-state index contributed by atoms with van der Waals surface area (Å²) in [5.41, 5.74) is 0. The molecule has 5 heteroatoms. The molecular weight excluding hydrogens is 250 g/mol. The smallest absolute Gasteiger partial charge is 0.303 e. The minimum atomic E-state index is -0.755. The van der Waals surface area contributed by atoms with Crippen LogP contribution in [-0.4, -0.2) is 23.5 Å². The summed E-state index contributed by atoms with van der Waals surface area (Å²) in [6, 6.07) is 4.02. The van der Waals surface area contributed by atoms with Crippen LogP contribution in [0, 0.1) is 0 Å². The van der Waals surface area contributed by atoms with E-state index in [9.17, 15) is 9.59 Å². The van der Waals surface area contributed by atoms with Gasteiger partial charge in [0.1, 0.15) is 0 Å². The molecule has 1 amide bonds. The monoisotopic (exact) mass is 269 g/mol. The predicted molar refractivity (Wildman–Crippen MR) is 71.8 cm³/mol. The standard InChI is InChI=1S/C13H19NO3S/c15-12(8-7-11-5-4-10-18-11)14-9-3-1-2-6-13(16)17/h4-5,10H,1-3,6-9H2,(H,14,15)(H,16,17). The SMILES string of the molecule is O=C(O)CCCCCNC(=O)CCc1cccs1. The number of carbonyl (C=O) groups excluding carboxylic acids is 1. The van der Waals surface area contributed by atoms with Gasteiger partial charge in [0.2, 0.25) is 5.91 Å². The lowest BCUT2D eigenvalue weighted by Gasteiger charge is -2.04. The Morgan fingerprint density at radius 2 is 2.06 bits per heavy atom. The van der Waals surface area contributed by atoms with Crippen molar-refractivity contribution in [3.63, 3.8) is 0 Å². The number of thiophene rings is 1. The second-order valence-electron chi connectivity index (χ2n) is 4.13. The number of rotatable bonds is 9. The zero-order valence-electron chi connectivity index (χ0n) is 10.4. The number of carbonyl (C=O) groups is 2. The Hall–Kier alpha value is -1.36. The minimum Gasteiger partial charge on any atom is -0.481 e. The van der Waals surface area contributed by atoms with Gasteiger partial charge in [0.15, 0.2) is 0 Å². The average molecular weight is 269 g/mol. The molecular formula is C13H19NO3S. The summed E-state index contributed by atoms with van der Waals surface area (Å²) in [6.07, 6.45) is 3.90. The normalized spacial score (nSPS) is 10.2. The molecule has 0 saturated carbocycles. The van der Waals surface area contributed by atoms with Gasteiger partial charge in [0.25, 0.3) is 0 Å². The number of unbranched alkanes of at least 4 members (excludes halogenated alkanes) is 2. The van der Waals surface area contributed by atoms with Gasteiger partial charge < -0.3 is 10.4 Å². The molecule has 0 fully saturated rings. The highest BCUT2D eigenvalue weighted by Crippen LogP contribution is 2.10. The first-order valence-corrected chi connectivity index (χ1v) is 7.07. The number of nitrogens with one attached hydrogen (secondary N) is 1. The third kappa shape index (κ3) is 7.06. The molecule has 0 unspecified atom stereocenters. The maximum atomic E-state index is 11.5. The number of amides is 1. The van der Waals surface area contributed by atoms with E-state index in [1.165, 1.54) is 4.88 Å². The Morgan fingerprint density at radius 1 is 1.22 bits per heavy atom. The van der Waals surface area contributed by atoms with E-state index in [0.29, 0.717) is 19.4 Å². The highest BCUT2D eigenvalue weighted by molar-refractivity contribution is 7.09. The number of hydrogen-bond donors (Lipinski definition) is 2. The molecule has 0 aliphatic carbocycles. The van der Waals surface area contributed by atoms with Gasteiger partial charge >= 0.3 is 5.97 Å². The van der Waals surface area contributed by atoms with Crippen LogP contribution in [0.2, 0.25) is 0 Å². The van der Waals surface area contributed by atoms with Gasteiger partial charge in [0, 0.05) is 24.3 Å². The summed E-state index contributed by atoms with van der Waals surface area (Å²) in [5, 5.41) is 13.3. The lowest BCUT2D eigenvalue weighted by Crippen LogP contribution is -2.24. The number of hydrogen-bond acceptors (Lipinski definition) is 3. The fourth-order valence-electron chi connectivity index (χ4n) is 1.59. The summed E-state index contributed by atoms with van der Waals surface area (Å²) in [7, 11) is 0. The van der Waals surface area contributed by atoms with Crippen molar-refractivity contribution in [3.05, 3.63) is 22.4 Å². The lowest BCUT2D eigenvalue weighted by atomic mass is 10.2. The second kappa shape index (κ2) is 8.69. The number of aliphatic carboxylic acids is 1. The first-order valence-electron chi connectivity index (χ1n) is 6.19. The molecule has 1 aromatic rings. The Labute approximate surface area is 111 Å². The summed E-state index contributed by atoms with van der Waals surface area (Å²) in [4.78, 5) is 23.0. The molecule has 2 N–H and O–H groups in total. The number of carboxylic acid groups (broad SMARTS) is 1. The van der Waals surface area contributed by atoms with Gasteiger partial charge in [-0.15, -0.1) is 11.3 Å². The van der Waals surface area contributed by atoms with Crippen LogP contribution < -0.4 is 5.32 Å².